The molecular formula is C30H46O3S. The van der Waals surface area contributed by atoms with Gasteiger partial charge in [-0.1, -0.05) is 108 Å². The van der Waals surface area contributed by atoms with Gasteiger partial charge < -0.3 is 0 Å². The van der Waals surface area contributed by atoms with Crippen molar-refractivity contribution in [2.24, 2.45) is 23.7 Å². The molecule has 4 saturated carbocycles. The van der Waals surface area contributed by atoms with Gasteiger partial charge >= 0.3 is 0 Å². The van der Waals surface area contributed by atoms with Crippen LogP contribution in [0.3, 0.4) is 0 Å². The zero-order chi connectivity index (χ0) is 23.5. The first-order valence-corrected chi connectivity index (χ1v) is 16.0. The molecule has 0 radical (unpaired) electrons. The van der Waals surface area contributed by atoms with Crippen LogP contribution in [0.5, 0.6) is 0 Å². The lowest BCUT2D eigenvalue weighted by atomic mass is 9.67. The second kappa shape index (κ2) is 11.0. The molecule has 0 saturated heterocycles. The molecule has 4 heteroatoms. The van der Waals surface area contributed by atoms with Gasteiger partial charge in [-0.15, -0.1) is 0 Å². The molecule has 4 fully saturated rings. The van der Waals surface area contributed by atoms with E-state index in [0.717, 1.165) is 60.5 Å². The van der Waals surface area contributed by atoms with Crippen LogP contribution in [0.2, 0.25) is 0 Å². The van der Waals surface area contributed by atoms with Crippen molar-refractivity contribution in [2.45, 2.75) is 132 Å². The highest BCUT2D eigenvalue weighted by Crippen LogP contribution is 2.48. The van der Waals surface area contributed by atoms with Crippen LogP contribution < -0.4 is 0 Å². The van der Waals surface area contributed by atoms with Gasteiger partial charge in [0.1, 0.15) is 4.90 Å². The third kappa shape index (κ3) is 5.59. The average molecular weight is 487 g/mol. The number of benzene rings is 1. The number of hydrogen-bond acceptors (Lipinski definition) is 2. The van der Waals surface area contributed by atoms with Crippen LogP contribution in [0.15, 0.2) is 23.1 Å². The van der Waals surface area contributed by atoms with Crippen molar-refractivity contribution in [3.8, 4) is 0 Å². The van der Waals surface area contributed by atoms with Crippen molar-refractivity contribution in [2.75, 3.05) is 0 Å². The summed E-state index contributed by atoms with van der Waals surface area (Å²) in [4.78, 5) is 0.304. The predicted octanol–water partition coefficient (Wildman–Crippen LogP) is 8.64. The zero-order valence-electron chi connectivity index (χ0n) is 21.1. The summed E-state index contributed by atoms with van der Waals surface area (Å²) in [6.07, 6.45) is 22.9. The van der Waals surface area contributed by atoms with E-state index in [1.807, 2.05) is 12.1 Å². The minimum absolute atomic E-state index is 0.273. The highest BCUT2D eigenvalue weighted by Gasteiger charge is 2.36. The molecule has 0 amide bonds. The van der Waals surface area contributed by atoms with Crippen molar-refractivity contribution in [1.29, 1.82) is 0 Å². The van der Waals surface area contributed by atoms with Crippen molar-refractivity contribution in [3.05, 3.63) is 29.3 Å². The molecule has 1 aromatic carbocycles. The Morgan fingerprint density at radius 2 is 0.971 bits per heavy atom. The van der Waals surface area contributed by atoms with E-state index in [2.05, 4.69) is 6.07 Å². The van der Waals surface area contributed by atoms with Crippen LogP contribution >= 0.6 is 0 Å². The van der Waals surface area contributed by atoms with Crippen LogP contribution in [0.25, 0.3) is 0 Å². The molecular weight excluding hydrogens is 440 g/mol. The summed E-state index contributed by atoms with van der Waals surface area (Å²) >= 11 is 0. The first kappa shape index (κ1) is 24.8. The summed E-state index contributed by atoms with van der Waals surface area (Å²) in [6.45, 7) is 0. The molecule has 0 bridgehead atoms. The molecule has 0 aliphatic heterocycles. The largest absolute Gasteiger partial charge is 0.295 e. The fourth-order valence-corrected chi connectivity index (χ4v) is 9.67. The minimum atomic E-state index is -4.25. The summed E-state index contributed by atoms with van der Waals surface area (Å²) in [5.74, 6) is 3.64. The SMILES string of the molecule is O=S(=O)(O)c1c(C2CCCC(C3CCCCC3)C2)cccc1C1CCCC(C2CCCCC2)C1. The molecule has 190 valence electrons. The summed E-state index contributed by atoms with van der Waals surface area (Å²) in [5.41, 5.74) is 1.86. The Morgan fingerprint density at radius 1 is 0.559 bits per heavy atom. The fourth-order valence-electron chi connectivity index (χ4n) is 8.60. The summed E-state index contributed by atoms with van der Waals surface area (Å²) in [6, 6.07) is 6.15. The molecule has 4 unspecified atom stereocenters. The van der Waals surface area contributed by atoms with Crippen LogP contribution in [0.4, 0.5) is 0 Å². The van der Waals surface area contributed by atoms with Gasteiger partial charge in [-0.05, 0) is 72.3 Å². The van der Waals surface area contributed by atoms with E-state index >= 15 is 0 Å². The zero-order valence-corrected chi connectivity index (χ0v) is 21.9. The maximum atomic E-state index is 12.9. The molecule has 3 nitrogen and oxygen atoms in total. The van der Waals surface area contributed by atoms with Gasteiger partial charge in [0.2, 0.25) is 0 Å². The topological polar surface area (TPSA) is 54.4 Å². The highest BCUT2D eigenvalue weighted by atomic mass is 32.2. The van der Waals surface area contributed by atoms with Gasteiger partial charge in [-0.25, -0.2) is 0 Å². The van der Waals surface area contributed by atoms with E-state index in [-0.39, 0.29) is 11.8 Å². The Kier molecular flexibility index (Phi) is 8.05. The Morgan fingerprint density at radius 3 is 1.38 bits per heavy atom. The predicted molar refractivity (Wildman–Crippen MR) is 139 cm³/mol. The lowest BCUT2D eigenvalue weighted by Crippen LogP contribution is -2.26. The Balaban J connectivity index is 1.40. The van der Waals surface area contributed by atoms with Crippen LogP contribution in [-0.4, -0.2) is 13.0 Å². The second-order valence-corrected chi connectivity index (χ2v) is 13.6. The Labute approximate surface area is 208 Å². The second-order valence-electron chi connectivity index (χ2n) is 12.3. The molecule has 4 atom stereocenters. The van der Waals surface area contributed by atoms with Gasteiger partial charge in [0.25, 0.3) is 10.1 Å². The standard InChI is InChI=1S/C30H46O3S/c31-34(32,33)30-28(26-16-7-14-24(20-26)22-10-3-1-4-11-22)18-9-19-29(30)27-17-8-15-25(21-27)23-12-5-2-6-13-23/h9,18-19,22-27H,1-8,10-17,20-21H2,(H,31,32,33). The Hall–Kier alpha value is -0.870. The molecule has 0 heterocycles. The smallest absolute Gasteiger partial charge is 0.282 e. The maximum Gasteiger partial charge on any atom is 0.295 e. The monoisotopic (exact) mass is 486 g/mol. The van der Waals surface area contributed by atoms with Crippen LogP contribution in [0.1, 0.15) is 139 Å². The van der Waals surface area contributed by atoms with Gasteiger partial charge in [0.15, 0.2) is 0 Å². The maximum absolute atomic E-state index is 12.9. The van der Waals surface area contributed by atoms with E-state index in [0.29, 0.717) is 4.90 Å². The van der Waals surface area contributed by atoms with Crippen molar-refractivity contribution >= 4 is 10.1 Å². The van der Waals surface area contributed by atoms with E-state index in [4.69, 9.17) is 0 Å². The highest BCUT2D eigenvalue weighted by molar-refractivity contribution is 7.86. The molecule has 5 rings (SSSR count). The van der Waals surface area contributed by atoms with Gasteiger partial charge in [0, 0.05) is 0 Å². The lowest BCUT2D eigenvalue weighted by Gasteiger charge is -2.38. The molecule has 0 spiro atoms. The van der Waals surface area contributed by atoms with Gasteiger partial charge in [-0.2, -0.15) is 8.42 Å². The van der Waals surface area contributed by atoms with E-state index in [9.17, 15) is 13.0 Å². The fraction of sp³-hybridized carbons (Fsp3) is 0.800. The Bertz CT molecular complexity index is 855. The molecule has 0 aromatic heterocycles. The third-order valence-electron chi connectivity index (χ3n) is 10.3. The molecule has 4 aliphatic carbocycles. The third-order valence-corrected chi connectivity index (χ3v) is 11.3. The van der Waals surface area contributed by atoms with E-state index in [1.165, 1.54) is 89.9 Å². The minimum Gasteiger partial charge on any atom is -0.282 e. The lowest BCUT2D eigenvalue weighted by molar-refractivity contribution is 0.179. The normalized spacial score (nSPS) is 32.5. The summed E-state index contributed by atoms with van der Waals surface area (Å²) in [5, 5.41) is 0. The number of rotatable bonds is 5. The van der Waals surface area contributed by atoms with Gasteiger partial charge in [0.05, 0.1) is 0 Å². The van der Waals surface area contributed by atoms with Crippen molar-refractivity contribution in [1.82, 2.24) is 0 Å². The van der Waals surface area contributed by atoms with Crippen molar-refractivity contribution < 1.29 is 13.0 Å². The first-order valence-electron chi connectivity index (χ1n) is 14.6. The molecule has 1 N–H and O–H groups in total. The number of hydrogen-bond donors (Lipinski definition) is 1. The summed E-state index contributed by atoms with van der Waals surface area (Å²) in [7, 11) is -4.25. The summed E-state index contributed by atoms with van der Waals surface area (Å²) < 4.78 is 36.3. The van der Waals surface area contributed by atoms with Gasteiger partial charge in [-0.3, -0.25) is 4.55 Å². The quantitative estimate of drug-likeness (QED) is 0.424. The van der Waals surface area contributed by atoms with Crippen LogP contribution in [0, 0.1) is 23.7 Å². The molecule has 4 aliphatic rings. The average Bonchev–Trinajstić information content (AvgIpc) is 2.89. The van der Waals surface area contributed by atoms with Crippen molar-refractivity contribution in [3.63, 3.8) is 0 Å². The first-order chi connectivity index (χ1) is 16.5. The molecule has 1 aromatic rings. The van der Waals surface area contributed by atoms with Crippen LogP contribution in [-0.2, 0) is 10.1 Å². The molecule has 34 heavy (non-hydrogen) atoms. The van der Waals surface area contributed by atoms with E-state index < -0.39 is 10.1 Å². The van der Waals surface area contributed by atoms with E-state index in [1.54, 1.807) is 0 Å².